The molecule has 0 atom stereocenters. The quantitative estimate of drug-likeness (QED) is 0.311. The maximum atomic E-state index is 13.0. The maximum Gasteiger partial charge on any atom is 0.276 e. The number of methoxy groups -OCH3 is 2. The Bertz CT molecular complexity index is 1070. The van der Waals surface area contributed by atoms with Gasteiger partial charge in [-0.25, -0.2) is 0 Å². The van der Waals surface area contributed by atoms with E-state index in [1.54, 1.807) is 24.3 Å². The van der Waals surface area contributed by atoms with Crippen LogP contribution in [0.5, 0.6) is 17.2 Å². The summed E-state index contributed by atoms with van der Waals surface area (Å²) in [6.45, 7) is 1.52. The van der Waals surface area contributed by atoms with Crippen molar-refractivity contribution in [3.63, 3.8) is 0 Å². The molecular weight excluding hydrogens is 400 g/mol. The van der Waals surface area contributed by atoms with E-state index >= 15 is 0 Å². The number of benzene rings is 2. The summed E-state index contributed by atoms with van der Waals surface area (Å²) in [5, 5.41) is 22.3. The van der Waals surface area contributed by atoms with Gasteiger partial charge in [0.15, 0.2) is 5.78 Å². The highest BCUT2D eigenvalue weighted by atomic mass is 16.6. The molecule has 0 spiro atoms. The number of hydrogen-bond acceptors (Lipinski definition) is 7. The van der Waals surface area contributed by atoms with E-state index in [2.05, 4.69) is 4.90 Å². The van der Waals surface area contributed by atoms with E-state index in [9.17, 15) is 20.0 Å². The van der Waals surface area contributed by atoms with Gasteiger partial charge in [-0.15, -0.1) is 0 Å². The summed E-state index contributed by atoms with van der Waals surface area (Å²) < 4.78 is 10.8. The summed E-state index contributed by atoms with van der Waals surface area (Å²) in [7, 11) is 4.88. The number of para-hydroxylation sites is 1. The first kappa shape index (κ1) is 22.0. The van der Waals surface area contributed by atoms with E-state index in [0.717, 1.165) is 12.1 Å². The molecule has 1 N–H and O–H groups in total. The molecule has 8 nitrogen and oxygen atoms in total. The molecule has 2 aromatic carbocycles. The molecule has 0 saturated carbocycles. The van der Waals surface area contributed by atoms with Crippen LogP contribution in [0.25, 0.3) is 11.6 Å². The number of nitrogens with zero attached hydrogens (tertiary/aromatic N) is 2. The van der Waals surface area contributed by atoms with Crippen molar-refractivity contribution in [2.75, 3.05) is 34.4 Å². The molecule has 1 heterocycles. The molecule has 0 aromatic heterocycles. The summed E-state index contributed by atoms with van der Waals surface area (Å²) in [6, 6.07) is 7.67. The zero-order valence-corrected chi connectivity index (χ0v) is 17.6. The standard InChI is InChI=1S/C23H24N2O6/c1-24-12-10-16(11-13-24)21-19(30-2)14-20(31-3)22(23(21)27)18(26)9-8-15-6-4-5-7-17(15)25(28)29/h4-10,14,27H,11-13H2,1-3H3/b9-8+. The molecule has 8 heteroatoms. The Morgan fingerprint density at radius 1 is 1.23 bits per heavy atom. The third kappa shape index (κ3) is 4.59. The Kier molecular flexibility index (Phi) is 6.71. The van der Waals surface area contributed by atoms with Crippen LogP contribution in [-0.2, 0) is 0 Å². The minimum absolute atomic E-state index is 0.0204. The van der Waals surface area contributed by atoms with E-state index < -0.39 is 10.7 Å². The number of nitro groups is 1. The number of nitro benzene ring substituents is 1. The first-order valence-electron chi connectivity index (χ1n) is 9.69. The molecule has 0 unspecified atom stereocenters. The van der Waals surface area contributed by atoms with Gasteiger partial charge in [-0.05, 0) is 37.3 Å². The van der Waals surface area contributed by atoms with Crippen LogP contribution in [-0.4, -0.2) is 55.1 Å². The van der Waals surface area contributed by atoms with Crippen molar-refractivity contribution in [1.29, 1.82) is 0 Å². The van der Waals surface area contributed by atoms with E-state index in [0.29, 0.717) is 24.3 Å². The molecular formula is C23H24N2O6. The number of aromatic hydroxyl groups is 1. The van der Waals surface area contributed by atoms with Gasteiger partial charge in [-0.1, -0.05) is 18.2 Å². The van der Waals surface area contributed by atoms with E-state index in [4.69, 9.17) is 9.47 Å². The average Bonchev–Trinajstić information content (AvgIpc) is 2.77. The van der Waals surface area contributed by atoms with Crippen LogP contribution in [0.2, 0.25) is 0 Å². The van der Waals surface area contributed by atoms with Crippen LogP contribution in [0.4, 0.5) is 5.69 Å². The lowest BCUT2D eigenvalue weighted by Crippen LogP contribution is -2.23. The molecule has 0 fully saturated rings. The number of rotatable bonds is 7. The van der Waals surface area contributed by atoms with Crippen LogP contribution < -0.4 is 9.47 Å². The SMILES string of the molecule is COc1cc(OC)c(C2=CCN(C)CC2)c(O)c1C(=O)/C=C/c1ccccc1[N+](=O)[O-]. The molecule has 1 aliphatic heterocycles. The first-order valence-corrected chi connectivity index (χ1v) is 9.69. The molecule has 1 aliphatic rings. The number of ether oxygens (including phenoxy) is 2. The molecule has 3 rings (SSSR count). The number of phenols is 1. The second-order valence-electron chi connectivity index (χ2n) is 7.13. The Morgan fingerprint density at radius 2 is 1.94 bits per heavy atom. The molecule has 31 heavy (non-hydrogen) atoms. The van der Waals surface area contributed by atoms with Crippen molar-refractivity contribution in [1.82, 2.24) is 4.90 Å². The normalized spacial score (nSPS) is 14.4. The fourth-order valence-corrected chi connectivity index (χ4v) is 3.53. The van der Waals surface area contributed by atoms with E-state index in [1.165, 1.54) is 32.4 Å². The number of likely N-dealkylation sites (N-methyl/N-ethyl adjacent to an activating group) is 1. The molecule has 0 aliphatic carbocycles. The Balaban J connectivity index is 2.07. The summed E-state index contributed by atoms with van der Waals surface area (Å²) in [5.74, 6) is -0.206. The number of carbonyl (C=O) groups is 1. The fourth-order valence-electron chi connectivity index (χ4n) is 3.53. The number of phenolic OH excluding ortho intramolecular Hbond substituents is 1. The zero-order chi connectivity index (χ0) is 22.5. The minimum atomic E-state index is -0.537. The highest BCUT2D eigenvalue weighted by Gasteiger charge is 2.26. The van der Waals surface area contributed by atoms with E-state index in [-0.39, 0.29) is 28.3 Å². The monoisotopic (exact) mass is 424 g/mol. The van der Waals surface area contributed by atoms with Gasteiger partial charge in [0, 0.05) is 25.2 Å². The lowest BCUT2D eigenvalue weighted by Gasteiger charge is -2.24. The number of carbonyl (C=O) groups excluding carboxylic acids is 1. The maximum absolute atomic E-state index is 13.0. The van der Waals surface area contributed by atoms with Crippen LogP contribution >= 0.6 is 0 Å². The van der Waals surface area contributed by atoms with Crippen LogP contribution in [0.3, 0.4) is 0 Å². The third-order valence-electron chi connectivity index (χ3n) is 5.20. The van der Waals surface area contributed by atoms with Crippen LogP contribution in [0.15, 0.2) is 42.5 Å². The summed E-state index contributed by atoms with van der Waals surface area (Å²) in [6.07, 6.45) is 5.23. The van der Waals surface area contributed by atoms with Crippen molar-refractivity contribution in [2.45, 2.75) is 6.42 Å². The molecule has 0 radical (unpaired) electrons. The van der Waals surface area contributed by atoms with E-state index in [1.807, 2.05) is 13.1 Å². The van der Waals surface area contributed by atoms with Gasteiger partial charge >= 0.3 is 0 Å². The number of allylic oxidation sites excluding steroid dienone is 1. The van der Waals surface area contributed by atoms with Crippen LogP contribution in [0, 0.1) is 10.1 Å². The Hall–Kier alpha value is -3.65. The smallest absolute Gasteiger partial charge is 0.276 e. The van der Waals surface area contributed by atoms with Gasteiger partial charge in [0.25, 0.3) is 5.69 Å². The van der Waals surface area contributed by atoms with Gasteiger partial charge < -0.3 is 19.5 Å². The molecule has 0 bridgehead atoms. The minimum Gasteiger partial charge on any atom is -0.506 e. The van der Waals surface area contributed by atoms with Crippen molar-refractivity contribution in [2.24, 2.45) is 0 Å². The largest absolute Gasteiger partial charge is 0.506 e. The Morgan fingerprint density at radius 3 is 2.55 bits per heavy atom. The average molecular weight is 424 g/mol. The number of ketones is 1. The predicted octanol–water partition coefficient (Wildman–Crippen LogP) is 3.93. The highest BCUT2D eigenvalue weighted by Crippen LogP contribution is 2.44. The summed E-state index contributed by atoms with van der Waals surface area (Å²) in [4.78, 5) is 25.9. The lowest BCUT2D eigenvalue weighted by atomic mass is 9.93. The van der Waals surface area contributed by atoms with Crippen molar-refractivity contribution >= 4 is 23.1 Å². The van der Waals surface area contributed by atoms with Crippen molar-refractivity contribution < 1.29 is 24.3 Å². The second-order valence-corrected chi connectivity index (χ2v) is 7.13. The van der Waals surface area contributed by atoms with Crippen molar-refractivity contribution in [3.05, 3.63) is 69.3 Å². The zero-order valence-electron chi connectivity index (χ0n) is 17.6. The summed E-state index contributed by atoms with van der Waals surface area (Å²) >= 11 is 0. The van der Waals surface area contributed by atoms with Gasteiger partial charge in [0.1, 0.15) is 22.8 Å². The number of hydrogen-bond donors (Lipinski definition) is 1. The lowest BCUT2D eigenvalue weighted by molar-refractivity contribution is -0.385. The van der Waals surface area contributed by atoms with Gasteiger partial charge in [-0.2, -0.15) is 0 Å². The van der Waals surface area contributed by atoms with Crippen LogP contribution in [0.1, 0.15) is 27.9 Å². The summed E-state index contributed by atoms with van der Waals surface area (Å²) in [5.41, 5.74) is 1.49. The van der Waals surface area contributed by atoms with Crippen molar-refractivity contribution in [3.8, 4) is 17.2 Å². The predicted molar refractivity (Wildman–Crippen MR) is 118 cm³/mol. The fraction of sp³-hybridized carbons (Fsp3) is 0.261. The van der Waals surface area contributed by atoms with Gasteiger partial charge in [0.05, 0.1) is 30.3 Å². The van der Waals surface area contributed by atoms with Gasteiger partial charge in [0.2, 0.25) is 0 Å². The molecule has 162 valence electrons. The Labute approximate surface area is 180 Å². The topological polar surface area (TPSA) is 102 Å². The molecule has 0 amide bonds. The highest BCUT2D eigenvalue weighted by molar-refractivity contribution is 6.12. The third-order valence-corrected chi connectivity index (χ3v) is 5.20. The second kappa shape index (κ2) is 9.44. The molecule has 2 aromatic rings. The first-order chi connectivity index (χ1) is 14.9. The van der Waals surface area contributed by atoms with Gasteiger partial charge in [-0.3, -0.25) is 14.9 Å². The molecule has 0 saturated heterocycles.